The van der Waals surface area contributed by atoms with Crippen molar-refractivity contribution in [3.8, 4) is 0 Å². The molecule has 0 aliphatic rings. The van der Waals surface area contributed by atoms with Gasteiger partial charge in [0.1, 0.15) is 11.7 Å². The lowest BCUT2D eigenvalue weighted by Crippen LogP contribution is -2.47. The Kier molecular flexibility index (Phi) is 6.13. The molecule has 2 amide bonds. The Morgan fingerprint density at radius 3 is 2.38 bits per heavy atom. The molecule has 0 spiro atoms. The predicted octanol–water partition coefficient (Wildman–Crippen LogP) is 0.537. The number of carbonyl (C=O) groups excluding carboxylic acids is 3. The SMILES string of the molecule is C=C(NC(=O)[C@H](Cc1ccccc1)NC(C)=O)C(=O)OC. The summed E-state index contributed by atoms with van der Waals surface area (Å²) in [6.45, 7) is 4.73. The number of carbonyl (C=O) groups is 3. The molecule has 1 aromatic rings. The summed E-state index contributed by atoms with van der Waals surface area (Å²) in [7, 11) is 1.19. The van der Waals surface area contributed by atoms with Crippen LogP contribution in [0.5, 0.6) is 0 Å². The first-order valence-electron chi connectivity index (χ1n) is 6.33. The average molecular weight is 290 g/mol. The largest absolute Gasteiger partial charge is 0.464 e. The van der Waals surface area contributed by atoms with Crippen molar-refractivity contribution in [3.05, 3.63) is 48.2 Å². The molecule has 21 heavy (non-hydrogen) atoms. The number of benzene rings is 1. The van der Waals surface area contributed by atoms with Crippen LogP contribution in [0.15, 0.2) is 42.6 Å². The highest BCUT2D eigenvalue weighted by Crippen LogP contribution is 2.04. The predicted molar refractivity (Wildman–Crippen MR) is 77.0 cm³/mol. The maximum absolute atomic E-state index is 12.1. The van der Waals surface area contributed by atoms with Crippen LogP contribution in [0.2, 0.25) is 0 Å². The van der Waals surface area contributed by atoms with Gasteiger partial charge in [-0.3, -0.25) is 9.59 Å². The average Bonchev–Trinajstić information content (AvgIpc) is 2.46. The minimum absolute atomic E-state index is 0.175. The van der Waals surface area contributed by atoms with E-state index in [1.165, 1.54) is 14.0 Å². The minimum Gasteiger partial charge on any atom is -0.464 e. The van der Waals surface area contributed by atoms with Crippen molar-refractivity contribution in [1.29, 1.82) is 0 Å². The van der Waals surface area contributed by atoms with Crippen LogP contribution in [-0.2, 0) is 25.5 Å². The summed E-state index contributed by atoms with van der Waals surface area (Å²) in [6, 6.07) is 8.42. The van der Waals surface area contributed by atoms with Crippen LogP contribution in [0, 0.1) is 0 Å². The van der Waals surface area contributed by atoms with Gasteiger partial charge in [0.05, 0.1) is 7.11 Å². The summed E-state index contributed by atoms with van der Waals surface area (Å²) in [5, 5.41) is 4.88. The van der Waals surface area contributed by atoms with Crippen LogP contribution in [0.25, 0.3) is 0 Å². The van der Waals surface area contributed by atoms with Crippen LogP contribution in [0.3, 0.4) is 0 Å². The van der Waals surface area contributed by atoms with E-state index in [4.69, 9.17) is 0 Å². The van der Waals surface area contributed by atoms with E-state index in [9.17, 15) is 14.4 Å². The van der Waals surface area contributed by atoms with Crippen molar-refractivity contribution in [2.45, 2.75) is 19.4 Å². The molecule has 0 aliphatic carbocycles. The molecule has 0 saturated carbocycles. The highest BCUT2D eigenvalue weighted by Gasteiger charge is 2.22. The summed E-state index contributed by atoms with van der Waals surface area (Å²) < 4.78 is 4.45. The Hall–Kier alpha value is -2.63. The molecule has 0 radical (unpaired) electrons. The second-order valence-electron chi connectivity index (χ2n) is 4.40. The van der Waals surface area contributed by atoms with Crippen LogP contribution < -0.4 is 10.6 Å². The number of nitrogens with one attached hydrogen (secondary N) is 2. The lowest BCUT2D eigenvalue weighted by molar-refractivity contribution is -0.138. The Bertz CT molecular complexity index is 540. The van der Waals surface area contributed by atoms with Gasteiger partial charge < -0.3 is 15.4 Å². The summed E-state index contributed by atoms with van der Waals surface area (Å²) >= 11 is 0. The number of hydrogen-bond donors (Lipinski definition) is 2. The molecular formula is C15H18N2O4. The second kappa shape index (κ2) is 7.84. The molecule has 6 heteroatoms. The molecule has 0 aliphatic heterocycles. The molecule has 112 valence electrons. The van der Waals surface area contributed by atoms with Crippen LogP contribution in [-0.4, -0.2) is 30.9 Å². The van der Waals surface area contributed by atoms with Crippen molar-refractivity contribution >= 4 is 17.8 Å². The quantitative estimate of drug-likeness (QED) is 0.591. The van der Waals surface area contributed by atoms with E-state index < -0.39 is 17.9 Å². The molecule has 1 rings (SSSR count). The summed E-state index contributed by atoms with van der Waals surface area (Å²) in [6.07, 6.45) is 0.306. The van der Waals surface area contributed by atoms with Gasteiger partial charge in [-0.1, -0.05) is 36.9 Å². The molecule has 0 unspecified atom stereocenters. The van der Waals surface area contributed by atoms with Crippen LogP contribution in [0.4, 0.5) is 0 Å². The third-order valence-electron chi connectivity index (χ3n) is 2.68. The number of ether oxygens (including phenoxy) is 1. The first kappa shape index (κ1) is 16.4. The Morgan fingerprint density at radius 1 is 1.24 bits per heavy atom. The van der Waals surface area contributed by atoms with E-state index in [1.807, 2.05) is 30.3 Å². The third-order valence-corrected chi connectivity index (χ3v) is 2.68. The maximum Gasteiger partial charge on any atom is 0.353 e. The van der Waals surface area contributed by atoms with Gasteiger partial charge in [-0.25, -0.2) is 4.79 Å². The number of esters is 1. The molecule has 6 nitrogen and oxygen atoms in total. The fourth-order valence-corrected chi connectivity index (χ4v) is 1.71. The van der Waals surface area contributed by atoms with Gasteiger partial charge in [0.25, 0.3) is 0 Å². The van der Waals surface area contributed by atoms with Gasteiger partial charge in [0.15, 0.2) is 0 Å². The van der Waals surface area contributed by atoms with E-state index in [-0.39, 0.29) is 11.6 Å². The second-order valence-corrected chi connectivity index (χ2v) is 4.40. The first-order chi connectivity index (χ1) is 9.93. The molecule has 0 saturated heterocycles. The van der Waals surface area contributed by atoms with Crippen LogP contribution >= 0.6 is 0 Å². The molecular weight excluding hydrogens is 272 g/mol. The van der Waals surface area contributed by atoms with E-state index in [0.29, 0.717) is 6.42 Å². The Labute approximate surface area is 123 Å². The molecule has 0 bridgehead atoms. The van der Waals surface area contributed by atoms with Gasteiger partial charge >= 0.3 is 5.97 Å². The standard InChI is InChI=1S/C15H18N2O4/c1-10(15(20)21-3)16-14(19)13(17-11(2)18)9-12-7-5-4-6-8-12/h4-8,13H,1,9H2,2-3H3,(H,16,19)(H,17,18)/t13-/m0/s1. The van der Waals surface area contributed by atoms with Crippen molar-refractivity contribution < 1.29 is 19.1 Å². The smallest absolute Gasteiger partial charge is 0.353 e. The Balaban J connectivity index is 2.77. The minimum atomic E-state index is -0.800. The zero-order chi connectivity index (χ0) is 15.8. The van der Waals surface area contributed by atoms with Gasteiger partial charge in [-0.05, 0) is 5.56 Å². The number of rotatable bonds is 6. The van der Waals surface area contributed by atoms with Gasteiger partial charge in [-0.15, -0.1) is 0 Å². The van der Waals surface area contributed by atoms with Crippen molar-refractivity contribution in [2.24, 2.45) is 0 Å². The fraction of sp³-hybridized carbons (Fsp3) is 0.267. The lowest BCUT2D eigenvalue weighted by atomic mass is 10.1. The molecule has 0 heterocycles. The van der Waals surface area contributed by atoms with Crippen molar-refractivity contribution in [3.63, 3.8) is 0 Å². The van der Waals surface area contributed by atoms with E-state index >= 15 is 0 Å². The topological polar surface area (TPSA) is 84.5 Å². The summed E-state index contributed by atoms with van der Waals surface area (Å²) in [4.78, 5) is 34.6. The first-order valence-corrected chi connectivity index (χ1v) is 6.33. The van der Waals surface area contributed by atoms with Crippen LogP contribution in [0.1, 0.15) is 12.5 Å². The number of hydrogen-bond acceptors (Lipinski definition) is 4. The fourth-order valence-electron chi connectivity index (χ4n) is 1.71. The highest BCUT2D eigenvalue weighted by atomic mass is 16.5. The normalized spacial score (nSPS) is 11.1. The molecule has 0 fully saturated rings. The van der Waals surface area contributed by atoms with E-state index in [0.717, 1.165) is 5.56 Å². The zero-order valence-corrected chi connectivity index (χ0v) is 12.0. The zero-order valence-electron chi connectivity index (χ0n) is 12.0. The molecule has 1 aromatic carbocycles. The van der Waals surface area contributed by atoms with E-state index in [2.05, 4.69) is 21.9 Å². The van der Waals surface area contributed by atoms with Crippen molar-refractivity contribution in [1.82, 2.24) is 10.6 Å². The van der Waals surface area contributed by atoms with Crippen molar-refractivity contribution in [2.75, 3.05) is 7.11 Å². The Morgan fingerprint density at radius 2 is 1.86 bits per heavy atom. The van der Waals surface area contributed by atoms with Gasteiger partial charge in [-0.2, -0.15) is 0 Å². The summed E-state index contributed by atoms with van der Waals surface area (Å²) in [5.41, 5.74) is 0.709. The monoisotopic (exact) mass is 290 g/mol. The summed E-state index contributed by atoms with van der Waals surface area (Å²) in [5.74, 6) is -1.59. The lowest BCUT2D eigenvalue weighted by Gasteiger charge is -2.18. The van der Waals surface area contributed by atoms with Gasteiger partial charge in [0, 0.05) is 13.3 Å². The number of amides is 2. The maximum atomic E-state index is 12.1. The van der Waals surface area contributed by atoms with E-state index in [1.54, 1.807) is 0 Å². The molecule has 0 aromatic heterocycles. The number of methoxy groups -OCH3 is 1. The van der Waals surface area contributed by atoms with Gasteiger partial charge in [0.2, 0.25) is 11.8 Å². The highest BCUT2D eigenvalue weighted by molar-refractivity contribution is 5.96. The third kappa shape index (κ3) is 5.48. The molecule has 1 atom stereocenters. The molecule has 2 N–H and O–H groups in total.